The molecule has 0 aromatic carbocycles. The van der Waals surface area contributed by atoms with Gasteiger partial charge < -0.3 is 10.4 Å². The maximum Gasteiger partial charge on any atom is 0.0745 e. The van der Waals surface area contributed by atoms with Crippen molar-refractivity contribution in [2.75, 3.05) is 26.4 Å². The molecule has 0 bridgehead atoms. The average molecular weight is 254 g/mol. The highest BCUT2D eigenvalue weighted by atomic mass is 16.3. The highest BCUT2D eigenvalue weighted by Gasteiger charge is 2.41. The van der Waals surface area contributed by atoms with Crippen molar-refractivity contribution in [3.05, 3.63) is 0 Å². The van der Waals surface area contributed by atoms with Gasteiger partial charge >= 0.3 is 0 Å². The van der Waals surface area contributed by atoms with E-state index in [0.29, 0.717) is 18.2 Å². The predicted molar refractivity (Wildman–Crippen MR) is 71.1 cm³/mol. The topological polar surface area (TPSA) is 59.6 Å². The summed E-state index contributed by atoms with van der Waals surface area (Å²) in [6.45, 7) is 5.86. The molecule has 3 heterocycles. The SMILES string of the molecule is C[C@@H]1CNC[C@H](N2CNC3NC(CO)CCC32)C1. The molecule has 5 atom stereocenters. The van der Waals surface area contributed by atoms with Gasteiger partial charge in [0.15, 0.2) is 0 Å². The Balaban J connectivity index is 1.62. The highest BCUT2D eigenvalue weighted by molar-refractivity contribution is 4.98. The van der Waals surface area contributed by atoms with E-state index in [9.17, 15) is 5.11 Å². The molecule has 0 radical (unpaired) electrons. The minimum absolute atomic E-state index is 0.257. The van der Waals surface area contributed by atoms with E-state index in [-0.39, 0.29) is 12.6 Å². The molecule has 0 aliphatic carbocycles. The lowest BCUT2D eigenvalue weighted by Crippen LogP contribution is -2.58. The Kier molecular flexibility index (Phi) is 3.86. The summed E-state index contributed by atoms with van der Waals surface area (Å²) in [5.41, 5.74) is 0. The lowest BCUT2D eigenvalue weighted by atomic mass is 9.93. The van der Waals surface area contributed by atoms with E-state index in [1.165, 1.54) is 12.8 Å². The first-order valence-electron chi connectivity index (χ1n) is 7.34. The van der Waals surface area contributed by atoms with Gasteiger partial charge in [-0.15, -0.1) is 0 Å². The highest BCUT2D eigenvalue weighted by Crippen LogP contribution is 2.26. The van der Waals surface area contributed by atoms with Crippen LogP contribution in [0.4, 0.5) is 0 Å². The van der Waals surface area contributed by atoms with Crippen LogP contribution in [0.1, 0.15) is 26.2 Å². The quantitative estimate of drug-likeness (QED) is 0.524. The van der Waals surface area contributed by atoms with Crippen LogP contribution < -0.4 is 16.0 Å². The maximum absolute atomic E-state index is 9.25. The predicted octanol–water partition coefficient (Wildman–Crippen LogP) is -0.714. The zero-order valence-corrected chi connectivity index (χ0v) is 11.2. The van der Waals surface area contributed by atoms with Gasteiger partial charge in [-0.1, -0.05) is 6.92 Å². The summed E-state index contributed by atoms with van der Waals surface area (Å²) < 4.78 is 0. The molecule has 0 aromatic heterocycles. The van der Waals surface area contributed by atoms with Gasteiger partial charge in [0.25, 0.3) is 0 Å². The molecule has 104 valence electrons. The maximum atomic E-state index is 9.25. The molecule has 0 saturated carbocycles. The van der Waals surface area contributed by atoms with Crippen molar-refractivity contribution in [1.29, 1.82) is 0 Å². The number of aliphatic hydroxyl groups excluding tert-OH is 1. The van der Waals surface area contributed by atoms with Crippen LogP contribution in [0.3, 0.4) is 0 Å². The summed E-state index contributed by atoms with van der Waals surface area (Å²) in [5.74, 6) is 0.782. The van der Waals surface area contributed by atoms with Gasteiger partial charge in [0, 0.05) is 24.7 Å². The molecule has 0 aromatic rings. The third-order valence-electron chi connectivity index (χ3n) is 4.77. The third kappa shape index (κ3) is 2.42. The zero-order chi connectivity index (χ0) is 12.5. The normalized spacial score (nSPS) is 46.0. The standard InChI is InChI=1S/C13H26N4O/c1-9-4-11(6-14-5-9)17-8-15-13-12(17)3-2-10(7-18)16-13/h9-16,18H,2-8H2,1H3/t9-,10?,11+,12?,13?/m0/s1. The average Bonchev–Trinajstić information content (AvgIpc) is 2.81. The van der Waals surface area contributed by atoms with Gasteiger partial charge in [-0.3, -0.25) is 15.5 Å². The smallest absolute Gasteiger partial charge is 0.0745 e. The summed E-state index contributed by atoms with van der Waals surface area (Å²) in [6, 6.07) is 1.55. The lowest BCUT2D eigenvalue weighted by molar-refractivity contribution is 0.0927. The van der Waals surface area contributed by atoms with E-state index in [1.807, 2.05) is 0 Å². The number of fused-ring (bicyclic) bond motifs is 1. The molecule has 3 fully saturated rings. The first kappa shape index (κ1) is 12.8. The van der Waals surface area contributed by atoms with E-state index in [0.717, 1.165) is 32.1 Å². The molecular weight excluding hydrogens is 228 g/mol. The van der Waals surface area contributed by atoms with Crippen LogP contribution in [-0.2, 0) is 0 Å². The van der Waals surface area contributed by atoms with Crippen molar-refractivity contribution < 1.29 is 5.11 Å². The van der Waals surface area contributed by atoms with Crippen LogP contribution in [0.5, 0.6) is 0 Å². The van der Waals surface area contributed by atoms with Crippen molar-refractivity contribution in [3.8, 4) is 0 Å². The van der Waals surface area contributed by atoms with Crippen LogP contribution in [-0.4, -0.2) is 60.7 Å². The summed E-state index contributed by atoms with van der Waals surface area (Å²) in [7, 11) is 0. The first-order chi connectivity index (χ1) is 8.78. The molecule has 3 aliphatic heterocycles. The number of aliphatic hydroxyl groups is 1. The van der Waals surface area contributed by atoms with E-state index in [4.69, 9.17) is 0 Å². The molecule has 18 heavy (non-hydrogen) atoms. The fourth-order valence-corrected chi connectivity index (χ4v) is 3.78. The first-order valence-corrected chi connectivity index (χ1v) is 7.34. The molecule has 5 heteroatoms. The summed E-state index contributed by atoms with van der Waals surface area (Å²) >= 11 is 0. The van der Waals surface area contributed by atoms with Crippen molar-refractivity contribution in [2.24, 2.45) is 5.92 Å². The Morgan fingerprint density at radius 1 is 1.28 bits per heavy atom. The Hall–Kier alpha value is -0.200. The van der Waals surface area contributed by atoms with Gasteiger partial charge in [-0.2, -0.15) is 0 Å². The molecule has 3 aliphatic rings. The number of rotatable bonds is 2. The number of hydrogen-bond acceptors (Lipinski definition) is 5. The van der Waals surface area contributed by atoms with Gasteiger partial charge in [-0.25, -0.2) is 0 Å². The van der Waals surface area contributed by atoms with Gasteiger partial charge in [0.2, 0.25) is 0 Å². The number of piperidine rings is 2. The number of nitrogens with zero attached hydrogens (tertiary/aromatic N) is 1. The van der Waals surface area contributed by atoms with E-state index >= 15 is 0 Å². The van der Waals surface area contributed by atoms with Gasteiger partial charge in [0.1, 0.15) is 0 Å². The van der Waals surface area contributed by atoms with Gasteiger partial charge in [-0.05, 0) is 31.7 Å². The fraction of sp³-hybridized carbons (Fsp3) is 1.00. The Labute approximate surface area is 109 Å². The number of nitrogens with one attached hydrogen (secondary N) is 3. The molecule has 0 amide bonds. The molecule has 0 spiro atoms. The van der Waals surface area contributed by atoms with E-state index in [2.05, 4.69) is 27.8 Å². The Bertz CT molecular complexity index is 288. The van der Waals surface area contributed by atoms with Gasteiger partial charge in [0.05, 0.1) is 19.4 Å². The zero-order valence-electron chi connectivity index (χ0n) is 11.2. The van der Waals surface area contributed by atoms with Crippen LogP contribution in [0.15, 0.2) is 0 Å². The monoisotopic (exact) mass is 254 g/mol. The van der Waals surface area contributed by atoms with E-state index in [1.54, 1.807) is 0 Å². The largest absolute Gasteiger partial charge is 0.395 e. The van der Waals surface area contributed by atoms with Crippen LogP contribution in [0.25, 0.3) is 0 Å². The van der Waals surface area contributed by atoms with E-state index < -0.39 is 0 Å². The molecule has 3 rings (SSSR count). The Morgan fingerprint density at radius 3 is 2.94 bits per heavy atom. The second-order valence-electron chi connectivity index (χ2n) is 6.20. The molecule has 4 N–H and O–H groups in total. The molecular formula is C13H26N4O. The molecule has 3 saturated heterocycles. The van der Waals surface area contributed by atoms with Crippen molar-refractivity contribution in [1.82, 2.24) is 20.9 Å². The summed E-state index contributed by atoms with van der Waals surface area (Å²) in [4.78, 5) is 2.63. The summed E-state index contributed by atoms with van der Waals surface area (Å²) in [6.07, 6.45) is 3.96. The van der Waals surface area contributed by atoms with Crippen molar-refractivity contribution >= 4 is 0 Å². The third-order valence-corrected chi connectivity index (χ3v) is 4.77. The second-order valence-corrected chi connectivity index (χ2v) is 6.20. The fourth-order valence-electron chi connectivity index (χ4n) is 3.78. The molecule has 3 unspecified atom stereocenters. The summed E-state index contributed by atoms with van der Waals surface area (Å²) in [5, 5.41) is 19.9. The van der Waals surface area contributed by atoms with Crippen LogP contribution in [0, 0.1) is 5.92 Å². The van der Waals surface area contributed by atoms with Crippen molar-refractivity contribution in [2.45, 2.75) is 50.5 Å². The molecule has 5 nitrogen and oxygen atoms in total. The van der Waals surface area contributed by atoms with Crippen molar-refractivity contribution in [3.63, 3.8) is 0 Å². The number of hydrogen-bond donors (Lipinski definition) is 4. The Morgan fingerprint density at radius 2 is 2.17 bits per heavy atom. The van der Waals surface area contributed by atoms with Crippen LogP contribution >= 0.6 is 0 Å². The van der Waals surface area contributed by atoms with Crippen LogP contribution in [0.2, 0.25) is 0 Å². The minimum Gasteiger partial charge on any atom is -0.395 e. The minimum atomic E-state index is 0.257. The lowest BCUT2D eigenvalue weighted by Gasteiger charge is -2.41. The second kappa shape index (κ2) is 5.43.